The lowest BCUT2D eigenvalue weighted by Crippen LogP contribution is -2.46. The Balaban J connectivity index is 1.82. The van der Waals surface area contributed by atoms with E-state index in [4.69, 9.17) is 13.9 Å². The molecule has 0 radical (unpaired) electrons. The van der Waals surface area contributed by atoms with Gasteiger partial charge in [-0.3, -0.25) is 14.5 Å². The molecule has 0 aliphatic heterocycles. The van der Waals surface area contributed by atoms with Crippen LogP contribution in [0.5, 0.6) is 5.75 Å². The lowest BCUT2D eigenvalue weighted by Gasteiger charge is -2.32. The molecule has 1 N–H and O–H groups in total. The summed E-state index contributed by atoms with van der Waals surface area (Å²) >= 11 is 0. The predicted octanol–water partition coefficient (Wildman–Crippen LogP) is 4.91. The molecule has 8 heteroatoms. The summed E-state index contributed by atoms with van der Waals surface area (Å²) in [5.41, 5.74) is 1.23. The van der Waals surface area contributed by atoms with Crippen LogP contribution in [0.3, 0.4) is 0 Å². The van der Waals surface area contributed by atoms with Crippen LogP contribution >= 0.6 is 0 Å². The maximum atomic E-state index is 13.8. The molecule has 1 unspecified atom stereocenters. The number of carbonyl (C=O) groups excluding carboxylic acids is 3. The Morgan fingerprint density at radius 3 is 2.44 bits per heavy atom. The molecular weight excluding hydrogens is 460 g/mol. The van der Waals surface area contributed by atoms with Crippen LogP contribution in [0.15, 0.2) is 71.3 Å². The van der Waals surface area contributed by atoms with Crippen LogP contribution in [0.4, 0.5) is 5.69 Å². The number of methoxy groups -OCH3 is 1. The van der Waals surface area contributed by atoms with Gasteiger partial charge in [0, 0.05) is 11.7 Å². The van der Waals surface area contributed by atoms with Crippen LogP contribution in [0.1, 0.15) is 65.1 Å². The Labute approximate surface area is 210 Å². The Kier molecular flexibility index (Phi) is 8.05. The predicted molar refractivity (Wildman–Crippen MR) is 134 cm³/mol. The highest BCUT2D eigenvalue weighted by Gasteiger charge is 2.36. The summed E-state index contributed by atoms with van der Waals surface area (Å²) in [6, 6.07) is 15.7. The van der Waals surface area contributed by atoms with Crippen LogP contribution in [0, 0.1) is 0 Å². The number of furan rings is 1. The number of benzene rings is 2. The minimum absolute atomic E-state index is 0.0460. The van der Waals surface area contributed by atoms with E-state index < -0.39 is 17.9 Å². The second-order valence-electron chi connectivity index (χ2n) is 8.59. The van der Waals surface area contributed by atoms with Crippen molar-refractivity contribution in [2.75, 3.05) is 18.6 Å². The van der Waals surface area contributed by atoms with Crippen molar-refractivity contribution in [3.63, 3.8) is 0 Å². The maximum Gasteiger partial charge on any atom is 0.338 e. The average Bonchev–Trinajstić information content (AvgIpc) is 3.62. The van der Waals surface area contributed by atoms with Gasteiger partial charge >= 0.3 is 5.97 Å². The van der Waals surface area contributed by atoms with E-state index in [1.807, 2.05) is 0 Å². The number of ether oxygens (including phenoxy) is 2. The van der Waals surface area contributed by atoms with E-state index in [1.54, 1.807) is 74.7 Å². The molecule has 1 aromatic heterocycles. The molecule has 0 spiro atoms. The highest BCUT2D eigenvalue weighted by Crippen LogP contribution is 2.32. The second kappa shape index (κ2) is 11.6. The smallest absolute Gasteiger partial charge is 0.338 e. The fourth-order valence-electron chi connectivity index (χ4n) is 4.45. The van der Waals surface area contributed by atoms with Gasteiger partial charge in [-0.15, -0.1) is 0 Å². The number of anilines is 1. The van der Waals surface area contributed by atoms with Gasteiger partial charge in [0.2, 0.25) is 5.91 Å². The summed E-state index contributed by atoms with van der Waals surface area (Å²) in [7, 11) is 1.56. The number of carbonyl (C=O) groups is 3. The molecule has 188 valence electrons. The monoisotopic (exact) mass is 490 g/mol. The number of hydrogen-bond donors (Lipinski definition) is 1. The van der Waals surface area contributed by atoms with E-state index in [2.05, 4.69) is 5.32 Å². The Morgan fingerprint density at radius 1 is 1.06 bits per heavy atom. The summed E-state index contributed by atoms with van der Waals surface area (Å²) in [5.74, 6) is -0.635. The SMILES string of the molecule is CCOC(=O)c1cccc(N(C(=O)c2ccco2)C(C(=O)NC2CCCC2)c2ccc(OC)cc2)c1. The molecule has 2 amide bonds. The van der Waals surface area contributed by atoms with Gasteiger partial charge in [0.1, 0.15) is 11.8 Å². The standard InChI is InChI=1S/C28H30N2O6/c1-3-35-28(33)20-8-6-11-22(18-20)30(27(32)24-12-7-17-36-24)25(19-13-15-23(34-2)16-14-19)26(31)29-21-9-4-5-10-21/h6-8,11-18,21,25H,3-5,9-10H2,1-2H3,(H,29,31). The first-order chi connectivity index (χ1) is 17.5. The van der Waals surface area contributed by atoms with E-state index in [9.17, 15) is 14.4 Å². The van der Waals surface area contributed by atoms with Crippen LogP contribution in [0.25, 0.3) is 0 Å². The normalized spacial score (nSPS) is 14.2. The molecule has 8 nitrogen and oxygen atoms in total. The Morgan fingerprint density at radius 2 is 1.81 bits per heavy atom. The zero-order valence-electron chi connectivity index (χ0n) is 20.4. The molecule has 2 aromatic carbocycles. The first-order valence-electron chi connectivity index (χ1n) is 12.1. The molecule has 1 aliphatic rings. The van der Waals surface area contributed by atoms with E-state index in [1.165, 1.54) is 11.2 Å². The van der Waals surface area contributed by atoms with E-state index in [0.29, 0.717) is 17.0 Å². The van der Waals surface area contributed by atoms with Crippen molar-refractivity contribution in [2.45, 2.75) is 44.7 Å². The third-order valence-corrected chi connectivity index (χ3v) is 6.23. The van der Waals surface area contributed by atoms with Crippen LogP contribution < -0.4 is 15.0 Å². The fourth-order valence-corrected chi connectivity index (χ4v) is 4.45. The van der Waals surface area contributed by atoms with Crippen molar-refractivity contribution in [3.05, 3.63) is 83.8 Å². The van der Waals surface area contributed by atoms with Crippen LogP contribution in [0.2, 0.25) is 0 Å². The number of amides is 2. The second-order valence-corrected chi connectivity index (χ2v) is 8.59. The number of rotatable bonds is 9. The van der Waals surface area contributed by atoms with Crippen molar-refractivity contribution in [1.82, 2.24) is 5.32 Å². The summed E-state index contributed by atoms with van der Waals surface area (Å²) in [6.07, 6.45) is 5.29. The van der Waals surface area contributed by atoms with Crippen molar-refractivity contribution >= 4 is 23.5 Å². The molecule has 36 heavy (non-hydrogen) atoms. The lowest BCUT2D eigenvalue weighted by atomic mass is 10.0. The van der Waals surface area contributed by atoms with E-state index in [0.717, 1.165) is 25.7 Å². The highest BCUT2D eigenvalue weighted by molar-refractivity contribution is 6.09. The number of hydrogen-bond acceptors (Lipinski definition) is 6. The maximum absolute atomic E-state index is 13.8. The zero-order valence-corrected chi connectivity index (χ0v) is 20.4. The summed E-state index contributed by atoms with van der Waals surface area (Å²) < 4.78 is 15.8. The minimum Gasteiger partial charge on any atom is -0.497 e. The molecule has 1 atom stereocenters. The number of nitrogens with zero attached hydrogens (tertiary/aromatic N) is 1. The molecule has 4 rings (SSSR count). The third-order valence-electron chi connectivity index (χ3n) is 6.23. The Hall–Kier alpha value is -4.07. The van der Waals surface area contributed by atoms with Gasteiger partial charge in [0.15, 0.2) is 5.76 Å². The van der Waals surface area contributed by atoms with Crippen molar-refractivity contribution < 1.29 is 28.3 Å². The average molecular weight is 491 g/mol. The van der Waals surface area contributed by atoms with Crippen LogP contribution in [-0.2, 0) is 9.53 Å². The molecule has 1 saturated carbocycles. The zero-order chi connectivity index (χ0) is 25.5. The summed E-state index contributed by atoms with van der Waals surface area (Å²) in [6.45, 7) is 1.94. The van der Waals surface area contributed by atoms with Gasteiger partial charge in [-0.1, -0.05) is 31.0 Å². The van der Waals surface area contributed by atoms with Gasteiger partial charge in [0.25, 0.3) is 5.91 Å². The van der Waals surface area contributed by atoms with Crippen molar-refractivity contribution in [2.24, 2.45) is 0 Å². The van der Waals surface area contributed by atoms with Gasteiger partial charge in [0.05, 0.1) is 25.5 Å². The largest absolute Gasteiger partial charge is 0.497 e. The molecule has 0 bridgehead atoms. The Bertz CT molecular complexity index is 1180. The van der Waals surface area contributed by atoms with Crippen molar-refractivity contribution in [3.8, 4) is 5.75 Å². The lowest BCUT2D eigenvalue weighted by molar-refractivity contribution is -0.123. The van der Waals surface area contributed by atoms with E-state index >= 15 is 0 Å². The molecular formula is C28H30N2O6. The fraction of sp³-hybridized carbons (Fsp3) is 0.321. The molecule has 1 heterocycles. The molecule has 0 saturated heterocycles. The number of nitrogens with one attached hydrogen (secondary N) is 1. The quantitative estimate of drug-likeness (QED) is 0.428. The topological polar surface area (TPSA) is 98.1 Å². The van der Waals surface area contributed by atoms with Gasteiger partial charge in [-0.25, -0.2) is 4.79 Å². The van der Waals surface area contributed by atoms with Gasteiger partial charge in [-0.2, -0.15) is 0 Å². The first kappa shape index (κ1) is 25.0. The van der Waals surface area contributed by atoms with Crippen LogP contribution in [-0.4, -0.2) is 37.5 Å². The number of esters is 1. The molecule has 3 aromatic rings. The third kappa shape index (κ3) is 5.59. The summed E-state index contributed by atoms with van der Waals surface area (Å²) in [5, 5.41) is 3.13. The highest BCUT2D eigenvalue weighted by atomic mass is 16.5. The van der Waals surface area contributed by atoms with E-state index in [-0.39, 0.29) is 29.9 Å². The van der Waals surface area contributed by atoms with Gasteiger partial charge < -0.3 is 19.2 Å². The minimum atomic E-state index is -1.02. The molecule has 1 fully saturated rings. The van der Waals surface area contributed by atoms with Crippen molar-refractivity contribution in [1.29, 1.82) is 0 Å². The molecule has 1 aliphatic carbocycles. The summed E-state index contributed by atoms with van der Waals surface area (Å²) in [4.78, 5) is 41.4. The first-order valence-corrected chi connectivity index (χ1v) is 12.1. The van der Waals surface area contributed by atoms with Gasteiger partial charge in [-0.05, 0) is 67.8 Å².